The fourth-order valence-electron chi connectivity index (χ4n) is 3.75. The first kappa shape index (κ1) is 20.2. The number of amides is 2. The molecule has 2 aliphatic heterocycles. The molecule has 150 valence electrons. The van der Waals surface area contributed by atoms with Crippen LogP contribution in [0.4, 0.5) is 5.69 Å². The van der Waals surface area contributed by atoms with Gasteiger partial charge in [-0.15, -0.1) is 0 Å². The van der Waals surface area contributed by atoms with Gasteiger partial charge in [-0.3, -0.25) is 9.59 Å². The average molecular weight is 452 g/mol. The summed E-state index contributed by atoms with van der Waals surface area (Å²) in [7, 11) is 0. The number of halogens is 3. The van der Waals surface area contributed by atoms with Crippen LogP contribution in [0.1, 0.15) is 5.56 Å². The maximum Gasteiger partial charge on any atom is 0.283 e. The van der Waals surface area contributed by atoms with Crippen molar-refractivity contribution < 1.29 is 14.5 Å². The predicted octanol–water partition coefficient (Wildman–Crippen LogP) is 2.72. The Labute approximate surface area is 184 Å². The summed E-state index contributed by atoms with van der Waals surface area (Å²) >= 11 is 18.4. The molecular formula is C21H19Cl3N3O2+. The van der Waals surface area contributed by atoms with Crippen LogP contribution in [0.3, 0.4) is 0 Å². The first-order valence-electron chi connectivity index (χ1n) is 9.32. The lowest BCUT2D eigenvalue weighted by Gasteiger charge is -2.33. The Morgan fingerprint density at radius 1 is 0.897 bits per heavy atom. The molecule has 29 heavy (non-hydrogen) atoms. The highest BCUT2D eigenvalue weighted by atomic mass is 35.5. The molecule has 0 atom stereocenters. The molecule has 2 aliphatic rings. The van der Waals surface area contributed by atoms with Crippen molar-refractivity contribution in [1.82, 2.24) is 4.90 Å². The quantitative estimate of drug-likeness (QED) is 0.727. The summed E-state index contributed by atoms with van der Waals surface area (Å²) in [5.41, 5.74) is 1.82. The summed E-state index contributed by atoms with van der Waals surface area (Å²) in [5.74, 6) is -1.01. The van der Waals surface area contributed by atoms with Crippen molar-refractivity contribution in [3.05, 3.63) is 74.9 Å². The second kappa shape index (κ2) is 8.36. The third kappa shape index (κ3) is 4.01. The first-order chi connectivity index (χ1) is 14.0. The lowest BCUT2D eigenvalue weighted by atomic mass is 10.2. The molecule has 1 N–H and O–H groups in total. The summed E-state index contributed by atoms with van der Waals surface area (Å²) in [6.07, 6.45) is 0. The van der Waals surface area contributed by atoms with Crippen molar-refractivity contribution in [2.24, 2.45) is 0 Å². The van der Waals surface area contributed by atoms with E-state index in [4.69, 9.17) is 34.8 Å². The Balaban J connectivity index is 1.48. The van der Waals surface area contributed by atoms with E-state index < -0.39 is 11.8 Å². The standard InChI is InChI=1S/C21H18Cl3N3O2/c22-15-6-7-17(16(23)12-15)27-20(28)18(24)19(21(27)29)26-10-8-25(9-11-26)13-14-4-2-1-3-5-14/h1-7,12H,8-11,13H2/p+1. The van der Waals surface area contributed by atoms with Gasteiger partial charge in [0.25, 0.3) is 11.8 Å². The first-order valence-corrected chi connectivity index (χ1v) is 10.4. The Morgan fingerprint density at radius 2 is 1.59 bits per heavy atom. The molecular weight excluding hydrogens is 433 g/mol. The summed E-state index contributed by atoms with van der Waals surface area (Å²) in [6.45, 7) is 3.93. The molecule has 5 nitrogen and oxygen atoms in total. The van der Waals surface area contributed by atoms with Crippen molar-refractivity contribution in [2.75, 3.05) is 31.1 Å². The molecule has 0 radical (unpaired) electrons. The van der Waals surface area contributed by atoms with E-state index in [9.17, 15) is 9.59 Å². The summed E-state index contributed by atoms with van der Waals surface area (Å²) in [4.78, 5) is 30.1. The van der Waals surface area contributed by atoms with Gasteiger partial charge in [0.1, 0.15) is 17.3 Å². The van der Waals surface area contributed by atoms with Gasteiger partial charge in [0.2, 0.25) is 0 Å². The van der Waals surface area contributed by atoms with Gasteiger partial charge in [0, 0.05) is 10.6 Å². The highest BCUT2D eigenvalue weighted by molar-refractivity contribution is 6.53. The normalized spacial score (nSPS) is 18.2. The van der Waals surface area contributed by atoms with E-state index in [0.717, 1.165) is 24.5 Å². The zero-order valence-corrected chi connectivity index (χ0v) is 17.8. The van der Waals surface area contributed by atoms with Gasteiger partial charge < -0.3 is 9.80 Å². The lowest BCUT2D eigenvalue weighted by molar-refractivity contribution is -0.917. The third-order valence-electron chi connectivity index (χ3n) is 5.24. The molecule has 0 unspecified atom stereocenters. The predicted molar refractivity (Wildman–Crippen MR) is 114 cm³/mol. The summed E-state index contributed by atoms with van der Waals surface area (Å²) in [6, 6.07) is 14.9. The Hall–Kier alpha value is -2.05. The summed E-state index contributed by atoms with van der Waals surface area (Å²) < 4.78 is 0. The molecule has 0 spiro atoms. The molecule has 4 rings (SSSR count). The van der Waals surface area contributed by atoms with E-state index in [-0.39, 0.29) is 21.4 Å². The minimum absolute atomic E-state index is 0.0625. The monoisotopic (exact) mass is 450 g/mol. The Bertz CT molecular complexity index is 986. The van der Waals surface area contributed by atoms with Crippen LogP contribution >= 0.6 is 34.8 Å². The highest BCUT2D eigenvalue weighted by Gasteiger charge is 2.43. The molecule has 0 saturated carbocycles. The third-order valence-corrected chi connectivity index (χ3v) is 6.12. The van der Waals surface area contributed by atoms with Crippen LogP contribution in [0, 0.1) is 0 Å². The Morgan fingerprint density at radius 3 is 2.24 bits per heavy atom. The topological polar surface area (TPSA) is 45.1 Å². The second-order valence-electron chi connectivity index (χ2n) is 7.10. The van der Waals surface area contributed by atoms with Crippen molar-refractivity contribution >= 4 is 52.3 Å². The number of nitrogens with one attached hydrogen (secondary N) is 1. The van der Waals surface area contributed by atoms with Crippen molar-refractivity contribution in [3.8, 4) is 0 Å². The smallest absolute Gasteiger partial charge is 0.283 e. The minimum Gasteiger partial charge on any atom is -0.354 e. The number of quaternary nitrogens is 1. The molecule has 0 aliphatic carbocycles. The molecule has 1 saturated heterocycles. The number of piperazine rings is 1. The van der Waals surface area contributed by atoms with E-state index >= 15 is 0 Å². The van der Waals surface area contributed by atoms with E-state index in [0.29, 0.717) is 18.1 Å². The van der Waals surface area contributed by atoms with Gasteiger partial charge >= 0.3 is 0 Å². The van der Waals surface area contributed by atoms with Crippen LogP contribution < -0.4 is 9.80 Å². The lowest BCUT2D eigenvalue weighted by Crippen LogP contribution is -3.13. The number of hydrogen-bond acceptors (Lipinski definition) is 3. The van der Waals surface area contributed by atoms with Crippen LogP contribution in [0.25, 0.3) is 0 Å². The number of imide groups is 1. The number of hydrogen-bond donors (Lipinski definition) is 1. The van der Waals surface area contributed by atoms with Crippen molar-refractivity contribution in [3.63, 3.8) is 0 Å². The molecule has 2 amide bonds. The zero-order valence-electron chi connectivity index (χ0n) is 15.5. The Kier molecular flexibility index (Phi) is 5.83. The minimum atomic E-state index is -0.560. The van der Waals surface area contributed by atoms with Crippen LogP contribution in [-0.4, -0.2) is 42.9 Å². The second-order valence-corrected chi connectivity index (χ2v) is 8.33. The molecule has 2 aromatic carbocycles. The van der Waals surface area contributed by atoms with Crippen LogP contribution in [0.2, 0.25) is 10.0 Å². The number of nitrogens with zero attached hydrogens (tertiary/aromatic N) is 2. The molecule has 8 heteroatoms. The largest absolute Gasteiger partial charge is 0.354 e. The number of carbonyl (C=O) groups is 2. The maximum atomic E-state index is 13.1. The average Bonchev–Trinajstić information content (AvgIpc) is 2.93. The van der Waals surface area contributed by atoms with Gasteiger partial charge in [-0.2, -0.15) is 0 Å². The van der Waals surface area contributed by atoms with E-state index in [1.165, 1.54) is 16.5 Å². The SMILES string of the molecule is O=C1C(Cl)=C(N2CC[NH+](Cc3ccccc3)CC2)C(=O)N1c1ccc(Cl)cc1Cl. The fraction of sp³-hybridized carbons (Fsp3) is 0.238. The van der Waals surface area contributed by atoms with Gasteiger partial charge in [-0.25, -0.2) is 4.90 Å². The van der Waals surface area contributed by atoms with Crippen molar-refractivity contribution in [1.29, 1.82) is 0 Å². The number of benzene rings is 2. The van der Waals surface area contributed by atoms with Gasteiger partial charge in [0.05, 0.1) is 36.9 Å². The van der Waals surface area contributed by atoms with Crippen molar-refractivity contribution in [2.45, 2.75) is 6.54 Å². The number of rotatable bonds is 4. The number of anilines is 1. The van der Waals surface area contributed by atoms with E-state index in [1.54, 1.807) is 12.1 Å². The maximum absolute atomic E-state index is 13.1. The highest BCUT2D eigenvalue weighted by Crippen LogP contribution is 2.36. The molecule has 0 bridgehead atoms. The van der Waals surface area contributed by atoms with E-state index in [1.807, 2.05) is 23.1 Å². The van der Waals surface area contributed by atoms with Gasteiger partial charge in [-0.05, 0) is 18.2 Å². The summed E-state index contributed by atoms with van der Waals surface area (Å²) in [5, 5.41) is 0.587. The fourth-order valence-corrected chi connectivity index (χ4v) is 4.53. The van der Waals surface area contributed by atoms with Crippen LogP contribution in [0.15, 0.2) is 59.3 Å². The molecule has 2 aromatic rings. The number of carbonyl (C=O) groups excluding carboxylic acids is 2. The van der Waals surface area contributed by atoms with Gasteiger partial charge in [0.15, 0.2) is 0 Å². The van der Waals surface area contributed by atoms with Crippen LogP contribution in [0.5, 0.6) is 0 Å². The molecule has 2 heterocycles. The molecule has 0 aromatic heterocycles. The van der Waals surface area contributed by atoms with Crippen LogP contribution in [-0.2, 0) is 16.1 Å². The van der Waals surface area contributed by atoms with E-state index in [2.05, 4.69) is 12.1 Å². The zero-order chi connectivity index (χ0) is 20.5. The van der Waals surface area contributed by atoms with Gasteiger partial charge in [-0.1, -0.05) is 65.1 Å². The molecule has 1 fully saturated rings.